The molecule has 0 aromatic heterocycles. The number of methoxy groups -OCH3 is 1. The van der Waals surface area contributed by atoms with Crippen molar-refractivity contribution in [2.75, 3.05) is 7.11 Å². The number of carbonyl (C=O) groups excluding carboxylic acids is 1. The Kier molecular flexibility index (Phi) is 7.39. The highest BCUT2D eigenvalue weighted by Crippen LogP contribution is 2.33. The second-order valence-corrected chi connectivity index (χ2v) is 9.93. The van der Waals surface area contributed by atoms with Crippen molar-refractivity contribution < 1.29 is 14.3 Å². The molecule has 3 aromatic carbocycles. The summed E-state index contributed by atoms with van der Waals surface area (Å²) in [6.07, 6.45) is 1.83. The summed E-state index contributed by atoms with van der Waals surface area (Å²) >= 11 is 3.60. The molecule has 5 nitrogen and oxygen atoms in total. The molecule has 0 saturated carbocycles. The topological polar surface area (TPSA) is 59.9 Å². The second kappa shape index (κ2) is 10.4. The van der Waals surface area contributed by atoms with Crippen LogP contribution >= 0.6 is 34.4 Å². The highest BCUT2D eigenvalue weighted by atomic mass is 127. The van der Waals surface area contributed by atoms with Crippen LogP contribution < -0.4 is 14.8 Å². The van der Waals surface area contributed by atoms with E-state index < -0.39 is 0 Å². The normalized spacial score (nSPS) is 15.7. The van der Waals surface area contributed by atoms with Gasteiger partial charge in [-0.2, -0.15) is 0 Å². The van der Waals surface area contributed by atoms with E-state index in [9.17, 15) is 4.79 Å². The first-order chi connectivity index (χ1) is 15.9. The van der Waals surface area contributed by atoms with Crippen LogP contribution in [0, 0.1) is 17.4 Å². The Morgan fingerprint density at radius 2 is 1.73 bits per heavy atom. The summed E-state index contributed by atoms with van der Waals surface area (Å²) in [5, 5.41) is 3.41. The molecule has 33 heavy (non-hydrogen) atoms. The third kappa shape index (κ3) is 6.17. The molecule has 1 heterocycles. The molecule has 1 saturated heterocycles. The van der Waals surface area contributed by atoms with Crippen molar-refractivity contribution in [1.82, 2.24) is 5.32 Å². The molecule has 0 radical (unpaired) electrons. The molecule has 4 rings (SSSR count). The summed E-state index contributed by atoms with van der Waals surface area (Å²) in [5.41, 5.74) is 5.02. The lowest BCUT2D eigenvalue weighted by Crippen LogP contribution is -2.19. The van der Waals surface area contributed by atoms with E-state index in [-0.39, 0.29) is 5.91 Å². The fraction of sp³-hybridized carbons (Fsp3) is 0.154. The third-order valence-corrected chi connectivity index (χ3v) is 6.51. The van der Waals surface area contributed by atoms with Crippen LogP contribution in [0.2, 0.25) is 0 Å². The van der Waals surface area contributed by atoms with E-state index in [4.69, 9.17) is 9.47 Å². The molecule has 1 aliphatic rings. The molecule has 0 spiro atoms. The minimum absolute atomic E-state index is 0.166. The summed E-state index contributed by atoms with van der Waals surface area (Å²) in [6.45, 7) is 4.51. The Morgan fingerprint density at radius 1 is 1.00 bits per heavy atom. The van der Waals surface area contributed by atoms with Crippen LogP contribution in [-0.2, 0) is 11.4 Å². The van der Waals surface area contributed by atoms with Gasteiger partial charge in [0.05, 0.1) is 17.7 Å². The minimum Gasteiger partial charge on any atom is -0.493 e. The lowest BCUT2D eigenvalue weighted by molar-refractivity contribution is -0.115. The number of nitrogens with zero attached hydrogens (tertiary/aromatic N) is 1. The molecule has 1 amide bonds. The molecule has 0 bridgehead atoms. The SMILES string of the molecule is COc1cc(/C=C2\SC(=Nc3cc(C)cc(C)c3)NC2=O)ccc1OCc1ccc(I)cc1. The number of thioether (sulfide) groups is 1. The van der Waals surface area contributed by atoms with Crippen LogP contribution in [-0.4, -0.2) is 18.2 Å². The number of amides is 1. The number of carbonyl (C=O) groups is 1. The maximum Gasteiger partial charge on any atom is 0.264 e. The lowest BCUT2D eigenvalue weighted by atomic mass is 10.1. The largest absolute Gasteiger partial charge is 0.493 e. The van der Waals surface area contributed by atoms with Gasteiger partial charge >= 0.3 is 0 Å². The zero-order chi connectivity index (χ0) is 23.4. The molecule has 0 unspecified atom stereocenters. The summed E-state index contributed by atoms with van der Waals surface area (Å²) < 4.78 is 12.7. The number of rotatable bonds is 6. The van der Waals surface area contributed by atoms with Gasteiger partial charge < -0.3 is 14.8 Å². The Labute approximate surface area is 211 Å². The van der Waals surface area contributed by atoms with Gasteiger partial charge in [-0.25, -0.2) is 4.99 Å². The van der Waals surface area contributed by atoms with E-state index in [0.29, 0.717) is 28.2 Å². The fourth-order valence-electron chi connectivity index (χ4n) is 3.40. The number of halogens is 1. The van der Waals surface area contributed by atoms with Crippen LogP contribution in [0.15, 0.2) is 70.6 Å². The predicted octanol–water partition coefficient (Wildman–Crippen LogP) is 6.39. The van der Waals surface area contributed by atoms with E-state index in [1.807, 2.05) is 74.5 Å². The van der Waals surface area contributed by atoms with Crippen molar-refractivity contribution >= 4 is 57.2 Å². The second-order valence-electron chi connectivity index (χ2n) is 7.65. The van der Waals surface area contributed by atoms with E-state index in [1.54, 1.807) is 7.11 Å². The first kappa shape index (κ1) is 23.4. The lowest BCUT2D eigenvalue weighted by Gasteiger charge is -2.11. The van der Waals surface area contributed by atoms with Gasteiger partial charge in [-0.1, -0.05) is 24.3 Å². The summed E-state index contributed by atoms with van der Waals surface area (Å²) in [6, 6.07) is 19.9. The first-order valence-electron chi connectivity index (χ1n) is 10.3. The molecular formula is C26H23IN2O3S. The van der Waals surface area contributed by atoms with Gasteiger partial charge in [-0.15, -0.1) is 0 Å². The monoisotopic (exact) mass is 570 g/mol. The van der Waals surface area contributed by atoms with Gasteiger partial charge in [-0.05, 0) is 113 Å². The van der Waals surface area contributed by atoms with Crippen LogP contribution in [0.5, 0.6) is 11.5 Å². The Hall–Kier alpha value is -2.78. The molecule has 1 aliphatic heterocycles. The van der Waals surface area contributed by atoms with E-state index in [2.05, 4.69) is 39.0 Å². The fourth-order valence-corrected chi connectivity index (χ4v) is 4.60. The average Bonchev–Trinajstić information content (AvgIpc) is 3.11. The highest BCUT2D eigenvalue weighted by molar-refractivity contribution is 14.1. The van der Waals surface area contributed by atoms with Crippen molar-refractivity contribution in [3.8, 4) is 11.5 Å². The molecular weight excluding hydrogens is 547 g/mol. The van der Waals surface area contributed by atoms with Gasteiger partial charge in [0.25, 0.3) is 5.91 Å². The number of amidine groups is 1. The maximum absolute atomic E-state index is 12.5. The quantitative estimate of drug-likeness (QED) is 0.276. The standard InChI is InChI=1S/C26H23IN2O3S/c1-16-10-17(2)12-21(11-16)28-26-29-25(30)24(33-26)14-19-6-9-22(23(13-19)31-3)32-15-18-4-7-20(27)8-5-18/h4-14H,15H2,1-3H3,(H,28,29,30)/b24-14-. The molecule has 7 heteroatoms. The van der Waals surface area contributed by atoms with Gasteiger partial charge in [0.1, 0.15) is 6.61 Å². The predicted molar refractivity (Wildman–Crippen MR) is 143 cm³/mol. The number of aliphatic imine (C=N–C) groups is 1. The molecule has 168 valence electrons. The van der Waals surface area contributed by atoms with Gasteiger partial charge in [0.15, 0.2) is 16.7 Å². The molecule has 1 N–H and O–H groups in total. The summed E-state index contributed by atoms with van der Waals surface area (Å²) in [7, 11) is 1.61. The highest BCUT2D eigenvalue weighted by Gasteiger charge is 2.24. The van der Waals surface area contributed by atoms with Crippen molar-refractivity contribution in [2.45, 2.75) is 20.5 Å². The molecule has 1 fully saturated rings. The first-order valence-corrected chi connectivity index (χ1v) is 12.2. The van der Waals surface area contributed by atoms with Crippen LogP contribution in [0.25, 0.3) is 6.08 Å². The number of hydrogen-bond donors (Lipinski definition) is 1. The number of nitrogens with one attached hydrogen (secondary N) is 1. The van der Waals surface area contributed by atoms with E-state index in [0.717, 1.165) is 27.9 Å². The summed E-state index contributed by atoms with van der Waals surface area (Å²) in [5.74, 6) is 1.10. The Bertz CT molecular complexity index is 1230. The smallest absolute Gasteiger partial charge is 0.264 e. The van der Waals surface area contributed by atoms with Crippen molar-refractivity contribution in [3.05, 3.63) is 91.4 Å². The van der Waals surface area contributed by atoms with Crippen molar-refractivity contribution in [3.63, 3.8) is 0 Å². The third-order valence-electron chi connectivity index (χ3n) is 4.88. The number of benzene rings is 3. The molecule has 0 atom stereocenters. The Balaban J connectivity index is 1.49. The maximum atomic E-state index is 12.5. The Morgan fingerprint density at radius 3 is 2.42 bits per heavy atom. The van der Waals surface area contributed by atoms with Crippen molar-refractivity contribution in [1.29, 1.82) is 0 Å². The van der Waals surface area contributed by atoms with Crippen LogP contribution in [0.1, 0.15) is 22.3 Å². The van der Waals surface area contributed by atoms with Crippen molar-refractivity contribution in [2.24, 2.45) is 4.99 Å². The molecule has 3 aromatic rings. The average molecular weight is 570 g/mol. The van der Waals surface area contributed by atoms with E-state index >= 15 is 0 Å². The van der Waals surface area contributed by atoms with Gasteiger partial charge in [0.2, 0.25) is 0 Å². The molecule has 0 aliphatic carbocycles. The number of aryl methyl sites for hydroxylation is 2. The number of hydrogen-bond acceptors (Lipinski definition) is 5. The minimum atomic E-state index is -0.166. The zero-order valence-corrected chi connectivity index (χ0v) is 21.5. The van der Waals surface area contributed by atoms with Crippen LogP contribution in [0.4, 0.5) is 5.69 Å². The van der Waals surface area contributed by atoms with Gasteiger partial charge in [-0.3, -0.25) is 4.79 Å². The van der Waals surface area contributed by atoms with Gasteiger partial charge in [0, 0.05) is 3.57 Å². The van der Waals surface area contributed by atoms with E-state index in [1.165, 1.54) is 15.3 Å². The number of ether oxygens (including phenoxy) is 2. The summed E-state index contributed by atoms with van der Waals surface area (Å²) in [4.78, 5) is 17.6. The van der Waals surface area contributed by atoms with Crippen LogP contribution in [0.3, 0.4) is 0 Å². The zero-order valence-electron chi connectivity index (χ0n) is 18.5.